The second kappa shape index (κ2) is 6.05. The van der Waals surface area contributed by atoms with Crippen molar-refractivity contribution < 1.29 is 4.79 Å². The Labute approximate surface area is 123 Å². The second-order valence-corrected chi connectivity index (χ2v) is 5.40. The maximum Gasteiger partial charge on any atom is 0.273 e. The molecule has 1 aromatic heterocycles. The van der Waals surface area contributed by atoms with Crippen LogP contribution in [0, 0.1) is 6.92 Å². The van der Waals surface area contributed by atoms with E-state index in [0.717, 1.165) is 37.2 Å². The van der Waals surface area contributed by atoms with E-state index in [-0.39, 0.29) is 11.9 Å². The van der Waals surface area contributed by atoms with Gasteiger partial charge in [-0.1, -0.05) is 17.3 Å². The van der Waals surface area contributed by atoms with Crippen molar-refractivity contribution in [3.8, 4) is 5.69 Å². The summed E-state index contributed by atoms with van der Waals surface area (Å²) >= 11 is 0. The maximum atomic E-state index is 12.2. The van der Waals surface area contributed by atoms with Gasteiger partial charge in [-0.05, 0) is 44.0 Å². The molecule has 1 amide bonds. The van der Waals surface area contributed by atoms with Crippen molar-refractivity contribution in [3.63, 3.8) is 0 Å². The van der Waals surface area contributed by atoms with Crippen molar-refractivity contribution >= 4 is 5.91 Å². The van der Waals surface area contributed by atoms with Gasteiger partial charge in [-0.15, -0.1) is 5.10 Å². The van der Waals surface area contributed by atoms with E-state index in [2.05, 4.69) is 20.9 Å². The van der Waals surface area contributed by atoms with Crippen molar-refractivity contribution in [2.24, 2.45) is 0 Å². The molecule has 2 aromatic rings. The van der Waals surface area contributed by atoms with Crippen LogP contribution in [0.25, 0.3) is 5.69 Å². The number of hydrogen-bond acceptors (Lipinski definition) is 4. The van der Waals surface area contributed by atoms with Crippen LogP contribution in [0.5, 0.6) is 0 Å². The van der Waals surface area contributed by atoms with E-state index in [0.29, 0.717) is 5.69 Å². The number of nitrogens with zero attached hydrogens (tertiary/aromatic N) is 3. The lowest BCUT2D eigenvalue weighted by Crippen LogP contribution is -2.45. The zero-order chi connectivity index (χ0) is 14.7. The standard InChI is InChI=1S/C15H19N5O/c1-11-4-2-6-13(8-11)20-10-14(18-19-20)15(21)17-12-5-3-7-16-9-12/h2,4,6,8,10,12,16H,3,5,7,9H2,1H3,(H,17,21)/t12-/m0/s1. The number of piperidine rings is 1. The predicted molar refractivity (Wildman–Crippen MR) is 79.5 cm³/mol. The quantitative estimate of drug-likeness (QED) is 0.884. The molecule has 0 bridgehead atoms. The third-order valence-corrected chi connectivity index (χ3v) is 3.62. The molecule has 6 heteroatoms. The van der Waals surface area contributed by atoms with E-state index >= 15 is 0 Å². The second-order valence-electron chi connectivity index (χ2n) is 5.40. The topological polar surface area (TPSA) is 71.8 Å². The summed E-state index contributed by atoms with van der Waals surface area (Å²) in [6.45, 7) is 3.86. The highest BCUT2D eigenvalue weighted by Gasteiger charge is 2.18. The van der Waals surface area contributed by atoms with Crippen molar-refractivity contribution in [2.45, 2.75) is 25.8 Å². The molecule has 110 valence electrons. The molecular weight excluding hydrogens is 266 g/mol. The van der Waals surface area contributed by atoms with Crippen LogP contribution in [0.3, 0.4) is 0 Å². The minimum Gasteiger partial charge on any atom is -0.347 e. The first-order valence-electron chi connectivity index (χ1n) is 7.23. The number of carbonyl (C=O) groups is 1. The van der Waals surface area contributed by atoms with E-state index in [4.69, 9.17) is 0 Å². The molecule has 0 spiro atoms. The normalized spacial score (nSPS) is 18.4. The molecule has 6 nitrogen and oxygen atoms in total. The van der Waals surface area contributed by atoms with Crippen LogP contribution in [-0.2, 0) is 0 Å². The van der Waals surface area contributed by atoms with Crippen LogP contribution in [0.4, 0.5) is 0 Å². The van der Waals surface area contributed by atoms with Gasteiger partial charge in [0.2, 0.25) is 0 Å². The average Bonchev–Trinajstić information content (AvgIpc) is 2.98. The SMILES string of the molecule is Cc1cccc(-n2cc(C(=O)N[C@H]3CCCNC3)nn2)c1. The molecule has 1 saturated heterocycles. The Bertz CT molecular complexity index is 630. The monoisotopic (exact) mass is 285 g/mol. The van der Waals surface area contributed by atoms with Crippen LogP contribution in [0.2, 0.25) is 0 Å². The third kappa shape index (κ3) is 3.28. The molecule has 1 aromatic carbocycles. The molecule has 1 aliphatic heterocycles. The number of aryl methyl sites for hydroxylation is 1. The molecule has 21 heavy (non-hydrogen) atoms. The van der Waals surface area contributed by atoms with Gasteiger partial charge in [-0.2, -0.15) is 0 Å². The maximum absolute atomic E-state index is 12.2. The van der Waals surface area contributed by atoms with Crippen LogP contribution in [-0.4, -0.2) is 40.0 Å². The zero-order valence-electron chi connectivity index (χ0n) is 12.0. The van der Waals surface area contributed by atoms with Gasteiger partial charge in [0.25, 0.3) is 5.91 Å². The molecule has 2 heterocycles. The number of benzene rings is 1. The molecule has 3 rings (SSSR count). The Hall–Kier alpha value is -2.21. The summed E-state index contributed by atoms with van der Waals surface area (Å²) in [5.74, 6) is -0.164. The number of hydrogen-bond donors (Lipinski definition) is 2. The highest BCUT2D eigenvalue weighted by molar-refractivity contribution is 5.92. The van der Waals surface area contributed by atoms with E-state index in [9.17, 15) is 4.79 Å². The van der Waals surface area contributed by atoms with E-state index < -0.39 is 0 Å². The van der Waals surface area contributed by atoms with Gasteiger partial charge in [-0.3, -0.25) is 4.79 Å². The molecule has 1 fully saturated rings. The van der Waals surface area contributed by atoms with Gasteiger partial charge in [0.15, 0.2) is 5.69 Å². The van der Waals surface area contributed by atoms with E-state index in [1.54, 1.807) is 10.9 Å². The first kappa shape index (κ1) is 13.8. The predicted octanol–water partition coefficient (Wildman–Crippen LogP) is 1.06. The molecular formula is C15H19N5O. The molecule has 1 atom stereocenters. The van der Waals surface area contributed by atoms with Crippen molar-refractivity contribution in [1.29, 1.82) is 0 Å². The highest BCUT2D eigenvalue weighted by Crippen LogP contribution is 2.09. The Balaban J connectivity index is 1.70. The molecule has 0 unspecified atom stereocenters. The largest absolute Gasteiger partial charge is 0.347 e. The van der Waals surface area contributed by atoms with Crippen LogP contribution >= 0.6 is 0 Å². The van der Waals surface area contributed by atoms with Crippen LogP contribution in [0.1, 0.15) is 28.9 Å². The Morgan fingerprint density at radius 2 is 2.38 bits per heavy atom. The van der Waals surface area contributed by atoms with Gasteiger partial charge < -0.3 is 10.6 Å². The van der Waals surface area contributed by atoms with Gasteiger partial charge in [-0.25, -0.2) is 4.68 Å². The van der Waals surface area contributed by atoms with E-state index in [1.807, 2.05) is 31.2 Å². The van der Waals surface area contributed by atoms with Crippen LogP contribution in [0.15, 0.2) is 30.5 Å². The highest BCUT2D eigenvalue weighted by atomic mass is 16.2. The van der Waals surface area contributed by atoms with Gasteiger partial charge in [0.05, 0.1) is 11.9 Å². The Kier molecular flexibility index (Phi) is 3.96. The number of amides is 1. The summed E-state index contributed by atoms with van der Waals surface area (Å²) in [6.07, 6.45) is 3.76. The summed E-state index contributed by atoms with van der Waals surface area (Å²) in [4.78, 5) is 12.2. The fraction of sp³-hybridized carbons (Fsp3) is 0.400. The smallest absolute Gasteiger partial charge is 0.273 e. The zero-order valence-corrected chi connectivity index (χ0v) is 12.0. The number of carbonyl (C=O) groups excluding carboxylic acids is 1. The lowest BCUT2D eigenvalue weighted by atomic mass is 10.1. The van der Waals surface area contributed by atoms with Crippen molar-refractivity contribution in [2.75, 3.05) is 13.1 Å². The summed E-state index contributed by atoms with van der Waals surface area (Å²) in [7, 11) is 0. The summed E-state index contributed by atoms with van der Waals surface area (Å²) in [6, 6.07) is 8.09. The molecule has 2 N–H and O–H groups in total. The molecule has 0 aliphatic carbocycles. The van der Waals surface area contributed by atoms with Gasteiger partial charge in [0.1, 0.15) is 0 Å². The summed E-state index contributed by atoms with van der Waals surface area (Å²) in [5, 5.41) is 14.3. The average molecular weight is 285 g/mol. The third-order valence-electron chi connectivity index (χ3n) is 3.62. The first-order valence-corrected chi connectivity index (χ1v) is 7.23. The number of rotatable bonds is 3. The summed E-state index contributed by atoms with van der Waals surface area (Å²) in [5.41, 5.74) is 2.39. The fourth-order valence-electron chi connectivity index (χ4n) is 2.50. The summed E-state index contributed by atoms with van der Waals surface area (Å²) < 4.78 is 1.63. The van der Waals surface area contributed by atoms with Gasteiger partial charge >= 0.3 is 0 Å². The lowest BCUT2D eigenvalue weighted by molar-refractivity contribution is 0.0925. The van der Waals surface area contributed by atoms with Crippen molar-refractivity contribution in [1.82, 2.24) is 25.6 Å². The van der Waals surface area contributed by atoms with E-state index in [1.165, 1.54) is 0 Å². The van der Waals surface area contributed by atoms with Gasteiger partial charge in [0, 0.05) is 12.6 Å². The first-order chi connectivity index (χ1) is 10.2. The number of aromatic nitrogens is 3. The minimum absolute atomic E-state index is 0.164. The molecule has 0 radical (unpaired) electrons. The molecule has 1 aliphatic rings. The minimum atomic E-state index is -0.164. The van der Waals surface area contributed by atoms with Crippen molar-refractivity contribution in [3.05, 3.63) is 41.7 Å². The number of nitrogens with one attached hydrogen (secondary N) is 2. The lowest BCUT2D eigenvalue weighted by Gasteiger charge is -2.23. The molecule has 0 saturated carbocycles. The Morgan fingerprint density at radius 1 is 1.48 bits per heavy atom. The fourth-order valence-corrected chi connectivity index (χ4v) is 2.50. The Morgan fingerprint density at radius 3 is 3.14 bits per heavy atom. The van der Waals surface area contributed by atoms with Crippen LogP contribution < -0.4 is 10.6 Å².